The highest BCUT2D eigenvalue weighted by atomic mass is 79.9. The predicted molar refractivity (Wildman–Crippen MR) is 145 cm³/mol. The largest absolute Gasteiger partial charge is 0.322 e. The third-order valence-corrected chi connectivity index (χ3v) is 6.16. The Morgan fingerprint density at radius 1 is 1.09 bits per heavy atom. The summed E-state index contributed by atoms with van der Waals surface area (Å²) in [6.45, 7) is 10.4. The van der Waals surface area contributed by atoms with Crippen LogP contribution in [0.4, 0.5) is 16.3 Å². The van der Waals surface area contributed by atoms with E-state index in [-0.39, 0.29) is 29.8 Å². The Kier molecular flexibility index (Phi) is 8.61. The fraction of sp³-hybridized carbons (Fsp3) is 0.346. The molecule has 3 amide bonds. The van der Waals surface area contributed by atoms with Crippen molar-refractivity contribution in [2.45, 2.75) is 40.0 Å². The summed E-state index contributed by atoms with van der Waals surface area (Å²) in [5, 5.41) is 11.0. The number of nitrogens with one attached hydrogen (secondary N) is 2. The molecule has 3 aromatic rings. The number of aromatic nitrogens is 2. The smallest absolute Gasteiger partial charge is 0.315 e. The number of nitrogens with zero attached hydrogens (tertiary/aromatic N) is 3. The number of hydrogen-bond donors (Lipinski definition) is 2. The quantitative estimate of drug-likeness (QED) is 0.337. The van der Waals surface area contributed by atoms with Gasteiger partial charge < -0.3 is 15.5 Å². The topological polar surface area (TPSA) is 79.3 Å². The van der Waals surface area contributed by atoms with Crippen LogP contribution in [0.2, 0.25) is 5.02 Å². The fourth-order valence-electron chi connectivity index (χ4n) is 3.42. The third kappa shape index (κ3) is 7.08. The molecule has 0 saturated carbocycles. The number of amides is 3. The van der Waals surface area contributed by atoms with Gasteiger partial charge in [0.1, 0.15) is 12.4 Å². The van der Waals surface area contributed by atoms with Crippen molar-refractivity contribution in [3.63, 3.8) is 0 Å². The minimum atomic E-state index is -0.351. The Morgan fingerprint density at radius 3 is 2.37 bits per heavy atom. The second kappa shape index (κ2) is 11.3. The molecular weight excluding hydrogens is 530 g/mol. The number of carbonyl (C=O) groups excluding carboxylic acids is 2. The molecule has 7 nitrogen and oxygen atoms in total. The summed E-state index contributed by atoms with van der Waals surface area (Å²) < 4.78 is 2.40. The van der Waals surface area contributed by atoms with E-state index in [4.69, 9.17) is 16.7 Å². The van der Waals surface area contributed by atoms with Gasteiger partial charge in [0.2, 0.25) is 5.91 Å². The Bertz CT molecular complexity index is 1200. The van der Waals surface area contributed by atoms with Crippen molar-refractivity contribution in [2.24, 2.45) is 5.92 Å². The second-order valence-electron chi connectivity index (χ2n) is 9.76. The Morgan fingerprint density at radius 2 is 1.74 bits per heavy atom. The lowest BCUT2D eigenvalue weighted by Gasteiger charge is -2.24. The first-order chi connectivity index (χ1) is 16.5. The van der Waals surface area contributed by atoms with E-state index in [1.807, 2.05) is 77.1 Å². The van der Waals surface area contributed by atoms with Gasteiger partial charge in [-0.2, -0.15) is 5.10 Å². The SMILES string of the molecule is CC(C)CN(CC(=O)Nc1cc(C(C)(C)C)nn1-c1ccccc1Cl)C(=O)Nc1ccccc1Br. The van der Waals surface area contributed by atoms with Gasteiger partial charge in [0.05, 0.1) is 22.1 Å². The molecule has 3 rings (SSSR count). The van der Waals surface area contributed by atoms with Crippen LogP contribution in [0.3, 0.4) is 0 Å². The summed E-state index contributed by atoms with van der Waals surface area (Å²) in [5.41, 5.74) is 1.86. The van der Waals surface area contributed by atoms with Crippen molar-refractivity contribution in [2.75, 3.05) is 23.7 Å². The maximum absolute atomic E-state index is 13.1. The molecule has 2 aromatic carbocycles. The Labute approximate surface area is 220 Å². The van der Waals surface area contributed by atoms with Gasteiger partial charge in [-0.1, -0.05) is 70.5 Å². The summed E-state index contributed by atoms with van der Waals surface area (Å²) in [7, 11) is 0. The van der Waals surface area contributed by atoms with E-state index in [1.54, 1.807) is 16.8 Å². The van der Waals surface area contributed by atoms with Crippen LogP contribution < -0.4 is 10.6 Å². The van der Waals surface area contributed by atoms with Gasteiger partial charge in [-0.05, 0) is 46.1 Å². The van der Waals surface area contributed by atoms with Crippen molar-refractivity contribution in [1.82, 2.24) is 14.7 Å². The van der Waals surface area contributed by atoms with Gasteiger partial charge in [-0.25, -0.2) is 9.48 Å². The average molecular weight is 561 g/mol. The standard InChI is InChI=1S/C26H31BrClN5O2/c1-17(2)15-32(25(35)29-20-12-8-6-10-18(20)27)16-24(34)30-23-14-22(26(3,4)5)31-33(23)21-13-9-7-11-19(21)28/h6-14,17H,15-16H2,1-5H3,(H,29,35)(H,30,34). The number of carbonyl (C=O) groups is 2. The first-order valence-corrected chi connectivity index (χ1v) is 12.6. The Hall–Kier alpha value is -2.84. The number of hydrogen-bond acceptors (Lipinski definition) is 3. The summed E-state index contributed by atoms with van der Waals surface area (Å²) in [6.07, 6.45) is 0. The zero-order valence-corrected chi connectivity index (χ0v) is 22.9. The molecule has 0 bridgehead atoms. The molecule has 0 saturated heterocycles. The molecule has 35 heavy (non-hydrogen) atoms. The van der Waals surface area contributed by atoms with Crippen LogP contribution in [0.1, 0.15) is 40.3 Å². The van der Waals surface area contributed by atoms with Crippen molar-refractivity contribution >= 4 is 51.0 Å². The lowest BCUT2D eigenvalue weighted by atomic mass is 9.92. The zero-order chi connectivity index (χ0) is 25.8. The monoisotopic (exact) mass is 559 g/mol. The van der Waals surface area contributed by atoms with E-state index in [0.29, 0.717) is 28.8 Å². The maximum Gasteiger partial charge on any atom is 0.322 e. The van der Waals surface area contributed by atoms with Crippen LogP contribution in [0, 0.1) is 5.92 Å². The van der Waals surface area contributed by atoms with Gasteiger partial charge in [0.25, 0.3) is 0 Å². The predicted octanol–water partition coefficient (Wildman–Crippen LogP) is 6.71. The van der Waals surface area contributed by atoms with Crippen LogP contribution in [-0.4, -0.2) is 39.7 Å². The van der Waals surface area contributed by atoms with Crippen molar-refractivity contribution in [3.05, 3.63) is 69.8 Å². The van der Waals surface area contributed by atoms with Crippen LogP contribution >= 0.6 is 27.5 Å². The van der Waals surface area contributed by atoms with Crippen LogP contribution in [0.15, 0.2) is 59.1 Å². The van der Waals surface area contributed by atoms with Crippen molar-refractivity contribution in [1.29, 1.82) is 0 Å². The number of para-hydroxylation sites is 2. The number of anilines is 2. The van der Waals surface area contributed by atoms with E-state index in [0.717, 1.165) is 10.2 Å². The zero-order valence-electron chi connectivity index (χ0n) is 20.6. The minimum absolute atomic E-state index is 0.118. The molecule has 9 heteroatoms. The van der Waals surface area contributed by atoms with Gasteiger partial charge in [0, 0.05) is 22.5 Å². The summed E-state index contributed by atoms with van der Waals surface area (Å²) >= 11 is 9.87. The van der Waals surface area contributed by atoms with Gasteiger partial charge in [0.15, 0.2) is 0 Å². The number of halogens is 2. The van der Waals surface area contributed by atoms with Crippen LogP contribution in [0.25, 0.3) is 5.69 Å². The first kappa shape index (κ1) is 26.8. The van der Waals surface area contributed by atoms with Crippen molar-refractivity contribution < 1.29 is 9.59 Å². The average Bonchev–Trinajstić information content (AvgIpc) is 3.18. The lowest BCUT2D eigenvalue weighted by molar-refractivity contribution is -0.116. The number of urea groups is 1. The summed E-state index contributed by atoms with van der Waals surface area (Å²) in [5.74, 6) is 0.333. The number of benzene rings is 2. The molecule has 0 radical (unpaired) electrons. The lowest BCUT2D eigenvalue weighted by Crippen LogP contribution is -2.42. The van der Waals surface area contributed by atoms with E-state index >= 15 is 0 Å². The molecule has 0 spiro atoms. The second-order valence-corrected chi connectivity index (χ2v) is 11.0. The van der Waals surface area contributed by atoms with Crippen LogP contribution in [0.5, 0.6) is 0 Å². The minimum Gasteiger partial charge on any atom is -0.315 e. The first-order valence-electron chi connectivity index (χ1n) is 11.4. The summed E-state index contributed by atoms with van der Waals surface area (Å²) in [6, 6.07) is 16.2. The molecule has 0 aliphatic heterocycles. The van der Waals surface area contributed by atoms with E-state index in [9.17, 15) is 9.59 Å². The highest BCUT2D eigenvalue weighted by Crippen LogP contribution is 2.29. The molecule has 0 atom stereocenters. The molecule has 0 aliphatic carbocycles. The Balaban J connectivity index is 1.84. The normalized spacial score (nSPS) is 11.4. The molecule has 0 aliphatic rings. The van der Waals surface area contributed by atoms with E-state index in [1.165, 1.54) is 4.90 Å². The molecular formula is C26H31BrClN5O2. The van der Waals surface area contributed by atoms with Crippen molar-refractivity contribution in [3.8, 4) is 5.69 Å². The third-order valence-electron chi connectivity index (χ3n) is 5.15. The van der Waals surface area contributed by atoms with E-state index in [2.05, 4.69) is 26.6 Å². The fourth-order valence-corrected chi connectivity index (χ4v) is 4.02. The van der Waals surface area contributed by atoms with Gasteiger partial charge in [-0.15, -0.1) is 0 Å². The molecule has 1 aromatic heterocycles. The van der Waals surface area contributed by atoms with Crippen LogP contribution in [-0.2, 0) is 10.2 Å². The van der Waals surface area contributed by atoms with Gasteiger partial charge >= 0.3 is 6.03 Å². The molecule has 2 N–H and O–H groups in total. The highest BCUT2D eigenvalue weighted by molar-refractivity contribution is 9.10. The van der Waals surface area contributed by atoms with E-state index < -0.39 is 0 Å². The molecule has 0 fully saturated rings. The molecule has 1 heterocycles. The summed E-state index contributed by atoms with van der Waals surface area (Å²) in [4.78, 5) is 27.7. The number of rotatable bonds is 7. The highest BCUT2D eigenvalue weighted by Gasteiger charge is 2.24. The maximum atomic E-state index is 13.1. The molecule has 186 valence electrons. The molecule has 0 unspecified atom stereocenters. The van der Waals surface area contributed by atoms with Gasteiger partial charge in [-0.3, -0.25) is 4.79 Å².